The Kier molecular flexibility index (Phi) is 10.4. The fourth-order valence-corrected chi connectivity index (χ4v) is 3.66. The zero-order valence-electron chi connectivity index (χ0n) is 20.5. The second kappa shape index (κ2) is 13.2. The number of carbonyl (C=O) groups excluding carboxylic acids is 2. The largest absolute Gasteiger partial charge is 0.372 e. The molecule has 0 aliphatic heterocycles. The lowest BCUT2D eigenvalue weighted by Gasteiger charge is -2.21. The van der Waals surface area contributed by atoms with E-state index in [1.165, 1.54) is 0 Å². The highest BCUT2D eigenvalue weighted by Crippen LogP contribution is 2.20. The Bertz CT molecular complexity index is 931. The Labute approximate surface area is 198 Å². The molecular weight excluding hydrogens is 408 g/mol. The molecule has 0 atom stereocenters. The Balaban J connectivity index is 0.000000357. The number of carbonyl (C=O) groups is 2. The van der Waals surface area contributed by atoms with Crippen molar-refractivity contribution in [1.29, 1.82) is 0 Å². The van der Waals surface area contributed by atoms with Gasteiger partial charge in [0.05, 0.1) is 0 Å². The van der Waals surface area contributed by atoms with E-state index in [1.54, 1.807) is 6.92 Å². The highest BCUT2D eigenvalue weighted by molar-refractivity contribution is 6.09. The standard InChI is InChI=1S/C21H28N2O.C8H8O/c1-5-22(6-2)19-13-9-17(10-14-19)21(24)18-11-15-20(16-12-18)23(7-3)8-4;1-7(9)8-5-3-2-4-6-8/h9-16H,5-8H2,1-4H3;2-6H,1H3. The van der Waals surface area contributed by atoms with Gasteiger partial charge in [-0.05, 0) is 83.1 Å². The van der Waals surface area contributed by atoms with Crippen molar-refractivity contribution in [2.75, 3.05) is 36.0 Å². The van der Waals surface area contributed by atoms with Gasteiger partial charge in [0.2, 0.25) is 0 Å². The second-order valence-corrected chi connectivity index (χ2v) is 7.69. The van der Waals surface area contributed by atoms with E-state index in [0.717, 1.165) is 54.2 Å². The molecule has 174 valence electrons. The SMILES string of the molecule is CC(=O)c1ccccc1.CCN(CC)c1ccc(C(=O)c2ccc(N(CC)CC)cc2)cc1. The molecule has 0 saturated carbocycles. The third-order valence-corrected chi connectivity index (χ3v) is 5.70. The summed E-state index contributed by atoms with van der Waals surface area (Å²) in [6.45, 7) is 14.0. The lowest BCUT2D eigenvalue weighted by atomic mass is 10.0. The number of Topliss-reactive ketones (excluding diaryl/α,β-unsaturated/α-hetero) is 1. The second-order valence-electron chi connectivity index (χ2n) is 7.69. The van der Waals surface area contributed by atoms with E-state index in [2.05, 4.69) is 37.5 Å². The van der Waals surface area contributed by atoms with Gasteiger partial charge < -0.3 is 9.80 Å². The predicted molar refractivity (Wildman–Crippen MR) is 140 cm³/mol. The first-order valence-electron chi connectivity index (χ1n) is 11.8. The van der Waals surface area contributed by atoms with E-state index in [4.69, 9.17) is 0 Å². The van der Waals surface area contributed by atoms with Gasteiger partial charge in [-0.25, -0.2) is 0 Å². The van der Waals surface area contributed by atoms with Crippen molar-refractivity contribution in [2.24, 2.45) is 0 Å². The van der Waals surface area contributed by atoms with Crippen molar-refractivity contribution in [3.8, 4) is 0 Å². The van der Waals surface area contributed by atoms with Crippen LogP contribution in [0.5, 0.6) is 0 Å². The first-order valence-corrected chi connectivity index (χ1v) is 11.8. The predicted octanol–water partition coefficient (Wildman–Crippen LogP) is 6.50. The first kappa shape index (κ1) is 25.9. The van der Waals surface area contributed by atoms with E-state index < -0.39 is 0 Å². The van der Waals surface area contributed by atoms with Crippen molar-refractivity contribution in [2.45, 2.75) is 34.6 Å². The molecule has 0 N–H and O–H groups in total. The molecule has 0 amide bonds. The molecule has 0 fully saturated rings. The minimum absolute atomic E-state index is 0.0761. The quantitative estimate of drug-likeness (QED) is 0.353. The molecule has 3 aromatic rings. The molecule has 0 bridgehead atoms. The molecule has 0 saturated heterocycles. The van der Waals surface area contributed by atoms with E-state index in [0.29, 0.717) is 0 Å². The Morgan fingerprint density at radius 2 is 0.909 bits per heavy atom. The van der Waals surface area contributed by atoms with Gasteiger partial charge in [0.25, 0.3) is 0 Å². The minimum Gasteiger partial charge on any atom is -0.372 e. The van der Waals surface area contributed by atoms with Crippen molar-refractivity contribution >= 4 is 22.9 Å². The van der Waals surface area contributed by atoms with Crippen molar-refractivity contribution < 1.29 is 9.59 Å². The van der Waals surface area contributed by atoms with Crippen LogP contribution in [0.3, 0.4) is 0 Å². The average molecular weight is 445 g/mol. The molecule has 3 rings (SSSR count). The van der Waals surface area contributed by atoms with Gasteiger partial charge in [0, 0.05) is 54.2 Å². The van der Waals surface area contributed by atoms with Gasteiger partial charge >= 0.3 is 0 Å². The van der Waals surface area contributed by atoms with E-state index in [1.807, 2.05) is 78.9 Å². The summed E-state index contributed by atoms with van der Waals surface area (Å²) in [5.41, 5.74) is 4.57. The van der Waals surface area contributed by atoms with Gasteiger partial charge in [-0.15, -0.1) is 0 Å². The molecule has 3 aromatic carbocycles. The van der Waals surface area contributed by atoms with E-state index >= 15 is 0 Å². The van der Waals surface area contributed by atoms with Crippen LogP contribution in [0.1, 0.15) is 60.9 Å². The molecule has 0 aromatic heterocycles. The summed E-state index contributed by atoms with van der Waals surface area (Å²) < 4.78 is 0. The zero-order valence-corrected chi connectivity index (χ0v) is 20.5. The summed E-state index contributed by atoms with van der Waals surface area (Å²) in [5, 5.41) is 0. The van der Waals surface area contributed by atoms with Crippen molar-refractivity contribution in [3.05, 3.63) is 95.6 Å². The first-order chi connectivity index (χ1) is 15.9. The number of benzene rings is 3. The number of ketones is 2. The topological polar surface area (TPSA) is 40.6 Å². The summed E-state index contributed by atoms with van der Waals surface area (Å²) >= 11 is 0. The summed E-state index contributed by atoms with van der Waals surface area (Å²) in [6, 6.07) is 25.1. The molecular formula is C29H36N2O2. The summed E-state index contributed by atoms with van der Waals surface area (Å²) in [5.74, 6) is 0.197. The Morgan fingerprint density at radius 3 is 1.18 bits per heavy atom. The van der Waals surface area contributed by atoms with E-state index in [9.17, 15) is 9.59 Å². The molecule has 0 aliphatic rings. The summed E-state index contributed by atoms with van der Waals surface area (Å²) in [7, 11) is 0. The highest BCUT2D eigenvalue weighted by Gasteiger charge is 2.11. The van der Waals surface area contributed by atoms with Gasteiger partial charge in [-0.1, -0.05) is 30.3 Å². The number of hydrogen-bond acceptors (Lipinski definition) is 4. The molecule has 0 spiro atoms. The number of anilines is 2. The lowest BCUT2D eigenvalue weighted by Crippen LogP contribution is -2.22. The van der Waals surface area contributed by atoms with Crippen LogP contribution in [0.15, 0.2) is 78.9 Å². The van der Waals surface area contributed by atoms with Crippen molar-refractivity contribution in [3.63, 3.8) is 0 Å². The fourth-order valence-electron chi connectivity index (χ4n) is 3.66. The molecule has 4 heteroatoms. The maximum absolute atomic E-state index is 12.7. The Hall–Kier alpha value is -3.40. The number of rotatable bonds is 9. The summed E-state index contributed by atoms with van der Waals surface area (Å²) in [4.78, 5) is 27.8. The van der Waals surface area contributed by atoms with Gasteiger partial charge in [-0.3, -0.25) is 9.59 Å². The number of hydrogen-bond donors (Lipinski definition) is 0. The molecule has 33 heavy (non-hydrogen) atoms. The third kappa shape index (κ3) is 7.31. The molecule has 0 heterocycles. The van der Waals surface area contributed by atoms with Crippen LogP contribution in [0, 0.1) is 0 Å². The monoisotopic (exact) mass is 444 g/mol. The van der Waals surface area contributed by atoms with Crippen LogP contribution in [0.25, 0.3) is 0 Å². The minimum atomic E-state index is 0.0761. The maximum Gasteiger partial charge on any atom is 0.193 e. The van der Waals surface area contributed by atoms with Crippen molar-refractivity contribution in [1.82, 2.24) is 0 Å². The highest BCUT2D eigenvalue weighted by atomic mass is 16.1. The van der Waals surface area contributed by atoms with Crippen LogP contribution < -0.4 is 9.80 Å². The summed E-state index contributed by atoms with van der Waals surface area (Å²) in [6.07, 6.45) is 0. The Morgan fingerprint density at radius 1 is 0.545 bits per heavy atom. The molecule has 0 unspecified atom stereocenters. The van der Waals surface area contributed by atoms with E-state index in [-0.39, 0.29) is 11.6 Å². The maximum atomic E-state index is 12.7. The number of nitrogens with zero attached hydrogens (tertiary/aromatic N) is 2. The van der Waals surface area contributed by atoms with Crippen LogP contribution >= 0.6 is 0 Å². The lowest BCUT2D eigenvalue weighted by molar-refractivity contribution is 0.101. The zero-order chi connectivity index (χ0) is 24.2. The van der Waals surface area contributed by atoms with Gasteiger partial charge in [0.1, 0.15) is 0 Å². The van der Waals surface area contributed by atoms with Crippen LogP contribution in [-0.2, 0) is 0 Å². The fraction of sp³-hybridized carbons (Fsp3) is 0.310. The molecule has 4 nitrogen and oxygen atoms in total. The average Bonchev–Trinajstić information content (AvgIpc) is 2.87. The van der Waals surface area contributed by atoms with Crippen LogP contribution in [0.2, 0.25) is 0 Å². The smallest absolute Gasteiger partial charge is 0.193 e. The third-order valence-electron chi connectivity index (χ3n) is 5.70. The molecule has 0 radical (unpaired) electrons. The van der Waals surface area contributed by atoms with Gasteiger partial charge in [-0.2, -0.15) is 0 Å². The van der Waals surface area contributed by atoms with Gasteiger partial charge in [0.15, 0.2) is 11.6 Å². The molecule has 0 aliphatic carbocycles. The van der Waals surface area contributed by atoms with Crippen LogP contribution in [0.4, 0.5) is 11.4 Å². The normalized spacial score (nSPS) is 10.1. The van der Waals surface area contributed by atoms with Crippen LogP contribution in [-0.4, -0.2) is 37.7 Å².